The highest BCUT2D eigenvalue weighted by molar-refractivity contribution is 5.76. The smallest absolute Gasteiger partial charge is 0.305 e. The zero-order valence-electron chi connectivity index (χ0n) is 61.3. The maximum atomic E-state index is 12.5. The average Bonchev–Trinajstić information content (AvgIpc) is 3.66. The molecule has 0 bridgehead atoms. The van der Waals surface area contributed by atoms with Crippen LogP contribution < -0.4 is 5.32 Å². The Morgan fingerprint density at radius 2 is 0.560 bits per heavy atom. The maximum Gasteiger partial charge on any atom is 0.305 e. The van der Waals surface area contributed by atoms with Gasteiger partial charge < -0.3 is 20.3 Å². The van der Waals surface area contributed by atoms with E-state index in [9.17, 15) is 19.8 Å². The molecule has 0 spiro atoms. The predicted octanol–water partition coefficient (Wildman–Crippen LogP) is 27.3. The van der Waals surface area contributed by atoms with E-state index in [1.165, 1.54) is 360 Å². The van der Waals surface area contributed by atoms with Gasteiger partial charge in [0.25, 0.3) is 0 Å². The minimum Gasteiger partial charge on any atom is -0.466 e. The van der Waals surface area contributed by atoms with Crippen LogP contribution in [0.25, 0.3) is 0 Å². The zero-order valence-corrected chi connectivity index (χ0v) is 61.3. The molecular formula is C85H159NO5. The average molecular weight is 1280 g/mol. The fourth-order valence-electron chi connectivity index (χ4n) is 12.7. The Hall–Kier alpha value is -2.44. The van der Waals surface area contributed by atoms with Crippen molar-refractivity contribution in [3.8, 4) is 0 Å². The first kappa shape index (κ1) is 88.6. The molecule has 0 aliphatic heterocycles. The van der Waals surface area contributed by atoms with E-state index in [-0.39, 0.29) is 18.5 Å². The number of aliphatic hydroxyl groups excluding tert-OH is 2. The number of hydrogen-bond acceptors (Lipinski definition) is 5. The monoisotopic (exact) mass is 1270 g/mol. The molecule has 3 N–H and O–H groups in total. The lowest BCUT2D eigenvalue weighted by molar-refractivity contribution is -0.143. The zero-order chi connectivity index (χ0) is 65.6. The van der Waals surface area contributed by atoms with Crippen molar-refractivity contribution in [2.75, 3.05) is 13.2 Å². The molecule has 0 aromatic rings. The van der Waals surface area contributed by atoms with Gasteiger partial charge in [-0.2, -0.15) is 0 Å². The summed E-state index contributed by atoms with van der Waals surface area (Å²) < 4.78 is 5.49. The number of allylic oxidation sites excluding steroid dienone is 9. The van der Waals surface area contributed by atoms with Crippen LogP contribution in [-0.2, 0) is 14.3 Å². The third-order valence-electron chi connectivity index (χ3n) is 19.0. The Labute approximate surface area is 569 Å². The molecule has 0 aliphatic carbocycles. The first-order valence-electron chi connectivity index (χ1n) is 41.1. The van der Waals surface area contributed by atoms with Crippen molar-refractivity contribution in [1.82, 2.24) is 5.32 Å². The molecule has 2 unspecified atom stereocenters. The number of ether oxygens (including phenoxy) is 1. The SMILES string of the molecule is CCCC/C=C\C/C=C\CCCCCCCC(=O)OCCCCCCCCCCCCCCCCC/C=C\C/C=C\CCCCCCCCCCCCCCCCCCCC(=O)NC(CO)C(O)/C=C/CCCCCCCCCCCCCCCCCCCCC. The second kappa shape index (κ2) is 80.0. The standard InChI is InChI=1S/C85H159NO5/c1-3-5-7-9-11-13-15-17-19-20-21-41-44-47-50-53-57-61-65-69-73-77-83(88)82(81-87)86-84(89)78-74-70-66-62-58-54-51-48-45-42-39-37-35-33-31-29-27-25-23-22-24-26-28-30-32-34-36-38-40-43-46-49-52-56-60-64-68-72-76-80-91-85(90)79-75-71-67-63-59-55-18-16-14-12-10-8-6-4-2/h10,12,16,18,22-23,26,28,73,77,82-83,87-88H,3-9,11,13-15,17,19-21,24-25,27,29-72,74-76,78-81H2,1-2H3,(H,86,89)/b12-10-,18-16-,23-22-,28-26-,77-73+. The van der Waals surface area contributed by atoms with Gasteiger partial charge in [0, 0.05) is 12.8 Å². The van der Waals surface area contributed by atoms with E-state index in [4.69, 9.17) is 4.74 Å². The van der Waals surface area contributed by atoms with E-state index in [1.807, 2.05) is 6.08 Å². The van der Waals surface area contributed by atoms with Crippen LogP contribution in [0.3, 0.4) is 0 Å². The number of rotatable bonds is 77. The number of hydrogen-bond donors (Lipinski definition) is 3. The van der Waals surface area contributed by atoms with Gasteiger partial charge in [0.2, 0.25) is 5.91 Å². The van der Waals surface area contributed by atoms with Crippen molar-refractivity contribution in [2.45, 2.75) is 456 Å². The maximum absolute atomic E-state index is 12.5. The molecule has 0 aliphatic rings. The quantitative estimate of drug-likeness (QED) is 0.0320. The number of esters is 1. The van der Waals surface area contributed by atoms with Crippen molar-refractivity contribution in [1.29, 1.82) is 0 Å². The van der Waals surface area contributed by atoms with Crippen molar-refractivity contribution < 1.29 is 24.5 Å². The van der Waals surface area contributed by atoms with Gasteiger partial charge in [0.15, 0.2) is 0 Å². The third kappa shape index (κ3) is 76.5. The molecule has 0 saturated carbocycles. The number of unbranched alkanes of at least 4 members (excludes halogenated alkanes) is 58. The molecule has 0 aromatic carbocycles. The van der Waals surface area contributed by atoms with Gasteiger partial charge in [-0.3, -0.25) is 9.59 Å². The van der Waals surface area contributed by atoms with E-state index in [0.717, 1.165) is 57.8 Å². The minimum absolute atomic E-state index is 0.00562. The van der Waals surface area contributed by atoms with Crippen molar-refractivity contribution in [2.24, 2.45) is 0 Å². The summed E-state index contributed by atoms with van der Waals surface area (Å²) in [6.45, 7) is 4.90. The fraction of sp³-hybridized carbons (Fsp3) is 0.859. The summed E-state index contributed by atoms with van der Waals surface area (Å²) in [6.07, 6.45) is 108. The number of nitrogens with one attached hydrogen (secondary N) is 1. The molecule has 6 nitrogen and oxygen atoms in total. The largest absolute Gasteiger partial charge is 0.466 e. The van der Waals surface area contributed by atoms with Crippen LogP contribution in [0.1, 0.15) is 444 Å². The van der Waals surface area contributed by atoms with Crippen LogP contribution >= 0.6 is 0 Å². The lowest BCUT2D eigenvalue weighted by Gasteiger charge is -2.20. The molecule has 0 radical (unpaired) electrons. The van der Waals surface area contributed by atoms with Gasteiger partial charge in [0.05, 0.1) is 25.4 Å². The van der Waals surface area contributed by atoms with E-state index < -0.39 is 12.1 Å². The highest BCUT2D eigenvalue weighted by Gasteiger charge is 2.18. The Morgan fingerprint density at radius 3 is 0.868 bits per heavy atom. The van der Waals surface area contributed by atoms with Crippen LogP contribution in [0, 0.1) is 0 Å². The van der Waals surface area contributed by atoms with Gasteiger partial charge in [-0.15, -0.1) is 0 Å². The summed E-state index contributed by atoms with van der Waals surface area (Å²) in [5.41, 5.74) is 0. The van der Waals surface area contributed by atoms with Gasteiger partial charge in [-0.05, 0) is 89.9 Å². The van der Waals surface area contributed by atoms with Gasteiger partial charge in [-0.25, -0.2) is 0 Å². The van der Waals surface area contributed by atoms with E-state index in [1.54, 1.807) is 6.08 Å². The molecule has 2 atom stereocenters. The number of carbonyl (C=O) groups excluding carboxylic acids is 2. The Balaban J connectivity index is 3.38. The number of amides is 1. The van der Waals surface area contributed by atoms with Gasteiger partial charge in [-0.1, -0.05) is 402 Å². The summed E-state index contributed by atoms with van der Waals surface area (Å²) in [4.78, 5) is 24.6. The molecule has 1 amide bonds. The summed E-state index contributed by atoms with van der Waals surface area (Å²) >= 11 is 0. The molecule has 6 heteroatoms. The van der Waals surface area contributed by atoms with Crippen LogP contribution in [0.15, 0.2) is 60.8 Å². The van der Waals surface area contributed by atoms with Crippen LogP contribution in [0.5, 0.6) is 0 Å². The number of aliphatic hydroxyl groups is 2. The first-order chi connectivity index (χ1) is 45.0. The van der Waals surface area contributed by atoms with Crippen molar-refractivity contribution >= 4 is 11.9 Å². The predicted molar refractivity (Wildman–Crippen MR) is 402 cm³/mol. The normalized spacial score (nSPS) is 12.8. The van der Waals surface area contributed by atoms with Gasteiger partial charge in [0.1, 0.15) is 0 Å². The molecule has 0 rings (SSSR count). The number of carbonyl (C=O) groups is 2. The third-order valence-corrected chi connectivity index (χ3v) is 19.0. The highest BCUT2D eigenvalue weighted by atomic mass is 16.5. The molecule has 0 heterocycles. The molecule has 0 saturated heterocycles. The summed E-state index contributed by atoms with van der Waals surface area (Å²) in [7, 11) is 0. The van der Waals surface area contributed by atoms with Gasteiger partial charge >= 0.3 is 5.97 Å². The summed E-state index contributed by atoms with van der Waals surface area (Å²) in [5.74, 6) is -0.0552. The molecule has 534 valence electrons. The summed E-state index contributed by atoms with van der Waals surface area (Å²) in [5, 5.41) is 23.3. The lowest BCUT2D eigenvalue weighted by atomic mass is 10.0. The first-order valence-corrected chi connectivity index (χ1v) is 41.1. The minimum atomic E-state index is -0.844. The van der Waals surface area contributed by atoms with Crippen LogP contribution in [-0.4, -0.2) is 47.4 Å². The highest BCUT2D eigenvalue weighted by Crippen LogP contribution is 2.19. The molecular weight excluding hydrogens is 1110 g/mol. The Bertz CT molecular complexity index is 1570. The Kier molecular flexibility index (Phi) is 77.9. The molecule has 0 aromatic heterocycles. The summed E-state index contributed by atoms with van der Waals surface area (Å²) in [6, 6.07) is -0.627. The van der Waals surface area contributed by atoms with E-state index in [2.05, 4.69) is 67.8 Å². The van der Waals surface area contributed by atoms with Crippen molar-refractivity contribution in [3.63, 3.8) is 0 Å². The lowest BCUT2D eigenvalue weighted by Crippen LogP contribution is -2.45. The van der Waals surface area contributed by atoms with Crippen LogP contribution in [0.2, 0.25) is 0 Å². The second-order valence-corrected chi connectivity index (χ2v) is 28.1. The second-order valence-electron chi connectivity index (χ2n) is 28.1. The molecule has 0 fully saturated rings. The fourth-order valence-corrected chi connectivity index (χ4v) is 12.7. The Morgan fingerprint density at radius 1 is 0.308 bits per heavy atom. The molecule has 91 heavy (non-hydrogen) atoms. The van der Waals surface area contributed by atoms with E-state index >= 15 is 0 Å². The van der Waals surface area contributed by atoms with Crippen molar-refractivity contribution in [3.05, 3.63) is 60.8 Å². The van der Waals surface area contributed by atoms with E-state index in [0.29, 0.717) is 19.4 Å². The topological polar surface area (TPSA) is 95.9 Å². The van der Waals surface area contributed by atoms with Crippen LogP contribution in [0.4, 0.5) is 0 Å².